The van der Waals surface area contributed by atoms with Gasteiger partial charge in [0.25, 0.3) is 0 Å². The molecule has 2 nitrogen and oxygen atoms in total. The zero-order valence-electron chi connectivity index (χ0n) is 11.1. The lowest BCUT2D eigenvalue weighted by molar-refractivity contribution is -0.135. The van der Waals surface area contributed by atoms with Crippen molar-refractivity contribution in [1.29, 1.82) is 0 Å². The van der Waals surface area contributed by atoms with Crippen LogP contribution in [0, 0.1) is 0 Å². The first-order valence-electron chi connectivity index (χ1n) is 6.89. The third-order valence-electron chi connectivity index (χ3n) is 3.33. The molecule has 0 aliphatic carbocycles. The van der Waals surface area contributed by atoms with Crippen LogP contribution in [0.1, 0.15) is 51.9 Å². The third kappa shape index (κ3) is 7.93. The summed E-state index contributed by atoms with van der Waals surface area (Å²) in [5, 5.41) is 3.27. The molecule has 0 saturated carbocycles. The molecule has 18 heavy (non-hydrogen) atoms. The highest BCUT2D eigenvalue weighted by atomic mass is 19.4. The van der Waals surface area contributed by atoms with Crippen molar-refractivity contribution in [3.05, 3.63) is 0 Å². The lowest BCUT2D eigenvalue weighted by Crippen LogP contribution is -2.31. The van der Waals surface area contributed by atoms with E-state index in [1.807, 2.05) is 6.92 Å². The third-order valence-corrected chi connectivity index (χ3v) is 3.33. The summed E-state index contributed by atoms with van der Waals surface area (Å²) in [7, 11) is 0. The van der Waals surface area contributed by atoms with Crippen molar-refractivity contribution in [1.82, 2.24) is 5.32 Å². The van der Waals surface area contributed by atoms with Gasteiger partial charge in [0.1, 0.15) is 0 Å². The summed E-state index contributed by atoms with van der Waals surface area (Å²) < 4.78 is 41.5. The molecule has 2 atom stereocenters. The average Bonchev–Trinajstić information content (AvgIpc) is 2.28. The molecule has 1 aliphatic rings. The van der Waals surface area contributed by atoms with Crippen LogP contribution in [0.3, 0.4) is 0 Å². The van der Waals surface area contributed by atoms with Crippen LogP contribution in [0.2, 0.25) is 0 Å². The van der Waals surface area contributed by atoms with E-state index >= 15 is 0 Å². The van der Waals surface area contributed by atoms with E-state index in [-0.39, 0.29) is 12.5 Å². The molecule has 0 spiro atoms. The van der Waals surface area contributed by atoms with Crippen molar-refractivity contribution >= 4 is 0 Å². The maximum atomic E-state index is 12.0. The van der Waals surface area contributed by atoms with Gasteiger partial charge in [-0.05, 0) is 52.0 Å². The molecular weight excluding hydrogens is 243 g/mol. The smallest absolute Gasteiger partial charge is 0.378 e. The SMILES string of the molecule is CC(CCCC(F)(F)F)NCCC1CCCCO1. The van der Waals surface area contributed by atoms with Crippen LogP contribution in [0.25, 0.3) is 0 Å². The molecule has 5 heteroatoms. The molecule has 0 amide bonds. The van der Waals surface area contributed by atoms with Crippen molar-refractivity contribution in [2.24, 2.45) is 0 Å². The second-order valence-corrected chi connectivity index (χ2v) is 5.14. The van der Waals surface area contributed by atoms with Gasteiger partial charge in [-0.2, -0.15) is 13.2 Å². The van der Waals surface area contributed by atoms with Gasteiger partial charge in [-0.25, -0.2) is 0 Å². The van der Waals surface area contributed by atoms with Crippen molar-refractivity contribution in [3.8, 4) is 0 Å². The molecule has 0 aromatic carbocycles. The number of nitrogens with one attached hydrogen (secondary N) is 1. The van der Waals surface area contributed by atoms with Crippen LogP contribution in [0.15, 0.2) is 0 Å². The zero-order valence-corrected chi connectivity index (χ0v) is 11.1. The molecule has 0 aromatic heterocycles. The van der Waals surface area contributed by atoms with Crippen LogP contribution in [-0.2, 0) is 4.74 Å². The second kappa shape index (κ2) is 8.00. The fraction of sp³-hybridized carbons (Fsp3) is 1.00. The van der Waals surface area contributed by atoms with Crippen molar-refractivity contribution in [2.75, 3.05) is 13.2 Å². The summed E-state index contributed by atoms with van der Waals surface area (Å²) in [5.41, 5.74) is 0. The molecule has 0 bridgehead atoms. The topological polar surface area (TPSA) is 21.3 Å². The Bertz CT molecular complexity index is 215. The Balaban J connectivity index is 1.97. The summed E-state index contributed by atoms with van der Waals surface area (Å²) in [6.45, 7) is 3.63. The highest BCUT2D eigenvalue weighted by Crippen LogP contribution is 2.22. The highest BCUT2D eigenvalue weighted by molar-refractivity contribution is 4.68. The van der Waals surface area contributed by atoms with Gasteiger partial charge >= 0.3 is 6.18 Å². The number of hydrogen-bond donors (Lipinski definition) is 1. The largest absolute Gasteiger partial charge is 0.389 e. The van der Waals surface area contributed by atoms with Crippen molar-refractivity contribution in [3.63, 3.8) is 0 Å². The number of alkyl halides is 3. The molecule has 0 radical (unpaired) electrons. The van der Waals surface area contributed by atoms with Crippen LogP contribution < -0.4 is 5.32 Å². The molecule has 2 unspecified atom stereocenters. The Morgan fingerprint density at radius 1 is 1.33 bits per heavy atom. The van der Waals surface area contributed by atoms with E-state index in [9.17, 15) is 13.2 Å². The zero-order chi connectivity index (χ0) is 13.4. The first-order valence-corrected chi connectivity index (χ1v) is 6.89. The predicted molar refractivity (Wildman–Crippen MR) is 65.6 cm³/mol. The standard InChI is InChI=1S/C13H24F3NO/c1-11(5-4-8-13(14,15)16)17-9-7-12-6-2-3-10-18-12/h11-12,17H,2-10H2,1H3. The van der Waals surface area contributed by atoms with Gasteiger partial charge in [0.2, 0.25) is 0 Å². The predicted octanol–water partition coefficient (Wildman–Crippen LogP) is 3.66. The van der Waals surface area contributed by atoms with Gasteiger partial charge in [0.05, 0.1) is 6.10 Å². The van der Waals surface area contributed by atoms with E-state index in [1.165, 1.54) is 6.42 Å². The first-order chi connectivity index (χ1) is 8.47. The Labute approximate surface area is 107 Å². The van der Waals surface area contributed by atoms with Gasteiger partial charge in [0.15, 0.2) is 0 Å². The number of ether oxygens (including phenoxy) is 1. The van der Waals surface area contributed by atoms with E-state index in [4.69, 9.17) is 4.74 Å². The molecular formula is C13H24F3NO. The second-order valence-electron chi connectivity index (χ2n) is 5.14. The van der Waals surface area contributed by atoms with Gasteiger partial charge in [-0.1, -0.05) is 0 Å². The van der Waals surface area contributed by atoms with E-state index in [0.29, 0.717) is 12.5 Å². The molecule has 1 aliphatic heterocycles. The van der Waals surface area contributed by atoms with E-state index in [1.54, 1.807) is 0 Å². The fourth-order valence-corrected chi connectivity index (χ4v) is 2.24. The Hall–Kier alpha value is -0.290. The van der Waals surface area contributed by atoms with Gasteiger partial charge < -0.3 is 10.1 Å². The lowest BCUT2D eigenvalue weighted by Gasteiger charge is -2.23. The van der Waals surface area contributed by atoms with Crippen LogP contribution in [0.5, 0.6) is 0 Å². The van der Waals surface area contributed by atoms with Gasteiger partial charge in [-0.15, -0.1) is 0 Å². The fourth-order valence-electron chi connectivity index (χ4n) is 2.24. The average molecular weight is 267 g/mol. The van der Waals surface area contributed by atoms with Crippen LogP contribution in [-0.4, -0.2) is 31.5 Å². The van der Waals surface area contributed by atoms with Crippen molar-refractivity contribution in [2.45, 2.75) is 70.2 Å². The van der Waals surface area contributed by atoms with Crippen molar-refractivity contribution < 1.29 is 17.9 Å². The minimum absolute atomic E-state index is 0.149. The maximum Gasteiger partial charge on any atom is 0.389 e. The summed E-state index contributed by atoms with van der Waals surface area (Å²) in [6, 6.07) is 0.149. The highest BCUT2D eigenvalue weighted by Gasteiger charge is 2.26. The Morgan fingerprint density at radius 2 is 2.11 bits per heavy atom. The molecule has 108 valence electrons. The number of halogens is 3. The van der Waals surface area contributed by atoms with Crippen LogP contribution in [0.4, 0.5) is 13.2 Å². The summed E-state index contributed by atoms with van der Waals surface area (Å²) >= 11 is 0. The molecule has 0 aromatic rings. The van der Waals surface area contributed by atoms with E-state index in [2.05, 4.69) is 5.32 Å². The van der Waals surface area contributed by atoms with E-state index in [0.717, 1.165) is 32.4 Å². The Morgan fingerprint density at radius 3 is 2.72 bits per heavy atom. The minimum Gasteiger partial charge on any atom is -0.378 e. The first kappa shape index (κ1) is 15.8. The molecule has 1 N–H and O–H groups in total. The quantitative estimate of drug-likeness (QED) is 0.760. The normalized spacial score (nSPS) is 23.0. The number of rotatable bonds is 7. The van der Waals surface area contributed by atoms with Gasteiger partial charge in [0, 0.05) is 19.1 Å². The summed E-state index contributed by atoms with van der Waals surface area (Å²) in [4.78, 5) is 0. The van der Waals surface area contributed by atoms with Crippen LogP contribution >= 0.6 is 0 Å². The summed E-state index contributed by atoms with van der Waals surface area (Å²) in [5.74, 6) is 0. The summed E-state index contributed by atoms with van der Waals surface area (Å²) in [6.07, 6.45) is 0.883. The number of hydrogen-bond acceptors (Lipinski definition) is 2. The maximum absolute atomic E-state index is 12.0. The van der Waals surface area contributed by atoms with Gasteiger partial charge in [-0.3, -0.25) is 0 Å². The monoisotopic (exact) mass is 267 g/mol. The lowest BCUT2D eigenvalue weighted by atomic mass is 10.1. The molecule has 1 rings (SSSR count). The molecule has 1 saturated heterocycles. The Kier molecular flexibility index (Phi) is 7.00. The molecule has 1 heterocycles. The molecule has 1 fully saturated rings. The minimum atomic E-state index is -4.02. The van der Waals surface area contributed by atoms with E-state index < -0.39 is 12.6 Å².